The zero-order valence-electron chi connectivity index (χ0n) is 15.7. The quantitative estimate of drug-likeness (QED) is 0.891. The Morgan fingerprint density at radius 3 is 2.69 bits per heavy atom. The maximum atomic E-state index is 12.3. The van der Waals surface area contributed by atoms with Crippen molar-refractivity contribution in [1.82, 2.24) is 14.8 Å². The maximum absolute atomic E-state index is 12.3. The van der Waals surface area contributed by atoms with Crippen molar-refractivity contribution in [1.29, 1.82) is 0 Å². The summed E-state index contributed by atoms with van der Waals surface area (Å²) >= 11 is 0. The molecule has 6 nitrogen and oxygen atoms in total. The van der Waals surface area contributed by atoms with Gasteiger partial charge in [-0.25, -0.2) is 0 Å². The average Bonchev–Trinajstić information content (AvgIpc) is 2.93. The lowest BCUT2D eigenvalue weighted by molar-refractivity contribution is 0.0933. The number of furan rings is 1. The number of nitrogens with zero attached hydrogens (tertiary/aromatic N) is 2. The Bertz CT molecular complexity index is 829. The van der Waals surface area contributed by atoms with Crippen LogP contribution >= 0.6 is 0 Å². The number of nitrogens with one attached hydrogen (secondary N) is 1. The normalized spacial score (nSPS) is 16.0. The number of rotatable bonds is 5. The van der Waals surface area contributed by atoms with Crippen LogP contribution in [0.25, 0.3) is 0 Å². The van der Waals surface area contributed by atoms with Crippen molar-refractivity contribution in [3.8, 4) is 0 Å². The van der Waals surface area contributed by atoms with Crippen LogP contribution in [0.1, 0.15) is 40.3 Å². The highest BCUT2D eigenvalue weighted by Crippen LogP contribution is 2.21. The molecule has 1 aliphatic rings. The highest BCUT2D eigenvalue weighted by molar-refractivity contribution is 5.93. The molecule has 0 bridgehead atoms. The summed E-state index contributed by atoms with van der Waals surface area (Å²) in [6, 6.07) is 5.41. The van der Waals surface area contributed by atoms with E-state index in [0.717, 1.165) is 44.0 Å². The summed E-state index contributed by atoms with van der Waals surface area (Å²) in [4.78, 5) is 26.7. The molecule has 26 heavy (non-hydrogen) atoms. The number of aryl methyl sites for hydroxylation is 3. The highest BCUT2D eigenvalue weighted by atomic mass is 16.3. The number of likely N-dealkylation sites (tertiary alicyclic amines) is 1. The molecule has 2 aromatic heterocycles. The first-order chi connectivity index (χ1) is 12.4. The lowest BCUT2D eigenvalue weighted by Gasteiger charge is -2.31. The minimum Gasteiger partial charge on any atom is -0.466 e. The molecule has 3 heterocycles. The van der Waals surface area contributed by atoms with Crippen molar-refractivity contribution in [2.75, 3.05) is 19.6 Å². The summed E-state index contributed by atoms with van der Waals surface area (Å²) in [7, 11) is 1.65. The standard InChI is InChI=1S/C20H27N3O3/c1-14-11-17(15(2)26-14)13-23-9-6-16(7-10-23)12-21-19(24)18-5-4-8-22(3)20(18)25/h4-5,8,11,16H,6-7,9-10,12-13H2,1-3H3,(H,21,24). The number of piperidine rings is 1. The highest BCUT2D eigenvalue weighted by Gasteiger charge is 2.21. The molecule has 6 heteroatoms. The Morgan fingerprint density at radius 2 is 2.04 bits per heavy atom. The van der Waals surface area contributed by atoms with E-state index in [9.17, 15) is 9.59 Å². The van der Waals surface area contributed by atoms with E-state index < -0.39 is 0 Å². The molecule has 0 unspecified atom stereocenters. The van der Waals surface area contributed by atoms with Gasteiger partial charge in [0.1, 0.15) is 17.1 Å². The Labute approximate surface area is 153 Å². The van der Waals surface area contributed by atoms with Gasteiger partial charge in [-0.1, -0.05) is 0 Å². The van der Waals surface area contributed by atoms with Gasteiger partial charge in [-0.15, -0.1) is 0 Å². The number of carbonyl (C=O) groups is 1. The van der Waals surface area contributed by atoms with Crippen molar-refractivity contribution >= 4 is 5.91 Å². The van der Waals surface area contributed by atoms with Gasteiger partial charge >= 0.3 is 0 Å². The van der Waals surface area contributed by atoms with Gasteiger partial charge in [-0.2, -0.15) is 0 Å². The van der Waals surface area contributed by atoms with Gasteiger partial charge in [-0.05, 0) is 63.9 Å². The van der Waals surface area contributed by atoms with E-state index in [1.165, 1.54) is 10.1 Å². The summed E-state index contributed by atoms with van der Waals surface area (Å²) in [6.07, 6.45) is 3.74. The summed E-state index contributed by atoms with van der Waals surface area (Å²) in [5.74, 6) is 2.14. The van der Waals surface area contributed by atoms with Crippen LogP contribution in [0.4, 0.5) is 0 Å². The second kappa shape index (κ2) is 7.91. The number of pyridine rings is 1. The second-order valence-electron chi connectivity index (χ2n) is 7.21. The van der Waals surface area contributed by atoms with E-state index in [4.69, 9.17) is 4.42 Å². The molecular weight excluding hydrogens is 330 g/mol. The van der Waals surface area contributed by atoms with Crippen LogP contribution in [0.2, 0.25) is 0 Å². The Morgan fingerprint density at radius 1 is 1.31 bits per heavy atom. The fourth-order valence-corrected chi connectivity index (χ4v) is 3.53. The molecule has 0 radical (unpaired) electrons. The van der Waals surface area contributed by atoms with Gasteiger partial charge in [-0.3, -0.25) is 14.5 Å². The van der Waals surface area contributed by atoms with Crippen LogP contribution < -0.4 is 10.9 Å². The molecule has 1 fully saturated rings. The van der Waals surface area contributed by atoms with Crippen molar-refractivity contribution in [3.05, 3.63) is 57.4 Å². The van der Waals surface area contributed by atoms with Crippen LogP contribution in [0, 0.1) is 19.8 Å². The van der Waals surface area contributed by atoms with Gasteiger partial charge in [0.15, 0.2) is 0 Å². The summed E-state index contributed by atoms with van der Waals surface area (Å²) < 4.78 is 7.02. The summed E-state index contributed by atoms with van der Waals surface area (Å²) in [5, 5.41) is 2.93. The predicted octanol–water partition coefficient (Wildman–Crippen LogP) is 2.24. The predicted molar refractivity (Wildman–Crippen MR) is 100 cm³/mol. The first-order valence-electron chi connectivity index (χ1n) is 9.16. The zero-order valence-corrected chi connectivity index (χ0v) is 15.7. The van der Waals surface area contributed by atoms with Crippen LogP contribution in [0.5, 0.6) is 0 Å². The van der Waals surface area contributed by atoms with Crippen molar-refractivity contribution in [2.45, 2.75) is 33.2 Å². The third-order valence-electron chi connectivity index (χ3n) is 5.16. The lowest BCUT2D eigenvalue weighted by atomic mass is 9.96. The monoisotopic (exact) mass is 357 g/mol. The minimum absolute atomic E-state index is 0.207. The van der Waals surface area contributed by atoms with E-state index in [1.54, 1.807) is 25.4 Å². The second-order valence-corrected chi connectivity index (χ2v) is 7.21. The Kier molecular flexibility index (Phi) is 5.61. The fourth-order valence-electron chi connectivity index (χ4n) is 3.53. The van der Waals surface area contributed by atoms with Gasteiger partial charge in [0.25, 0.3) is 11.5 Å². The molecule has 0 spiro atoms. The molecule has 2 aromatic rings. The summed E-state index contributed by atoms with van der Waals surface area (Å²) in [5.41, 5.74) is 1.21. The van der Waals surface area contributed by atoms with Crippen molar-refractivity contribution < 1.29 is 9.21 Å². The van der Waals surface area contributed by atoms with Crippen LogP contribution in [-0.2, 0) is 13.6 Å². The SMILES string of the molecule is Cc1cc(CN2CCC(CNC(=O)c3cccn(C)c3=O)CC2)c(C)o1. The molecule has 0 aromatic carbocycles. The van der Waals surface area contributed by atoms with E-state index in [1.807, 2.05) is 13.8 Å². The third-order valence-corrected chi connectivity index (χ3v) is 5.16. The van der Waals surface area contributed by atoms with Gasteiger partial charge < -0.3 is 14.3 Å². The number of carbonyl (C=O) groups excluding carboxylic acids is 1. The number of hydrogen-bond acceptors (Lipinski definition) is 4. The van der Waals surface area contributed by atoms with Crippen LogP contribution in [0.3, 0.4) is 0 Å². The van der Waals surface area contributed by atoms with Gasteiger partial charge in [0, 0.05) is 31.9 Å². The lowest BCUT2D eigenvalue weighted by Crippen LogP contribution is -2.39. The van der Waals surface area contributed by atoms with Crippen LogP contribution in [0.15, 0.2) is 33.6 Å². The largest absolute Gasteiger partial charge is 0.466 e. The molecular formula is C20H27N3O3. The zero-order chi connectivity index (χ0) is 18.7. The van der Waals surface area contributed by atoms with Crippen LogP contribution in [-0.4, -0.2) is 35.0 Å². The first kappa shape index (κ1) is 18.5. The molecule has 0 aliphatic carbocycles. The van der Waals surface area contributed by atoms with E-state index >= 15 is 0 Å². The summed E-state index contributed by atoms with van der Waals surface area (Å²) in [6.45, 7) is 7.55. The molecule has 0 saturated carbocycles. The first-order valence-corrected chi connectivity index (χ1v) is 9.16. The molecule has 1 aliphatic heterocycles. The van der Waals surface area contributed by atoms with E-state index in [0.29, 0.717) is 12.5 Å². The number of hydrogen-bond donors (Lipinski definition) is 1. The van der Waals surface area contributed by atoms with E-state index in [2.05, 4.69) is 16.3 Å². The molecule has 1 amide bonds. The molecule has 0 atom stereocenters. The van der Waals surface area contributed by atoms with Gasteiger partial charge in [0.05, 0.1) is 0 Å². The number of amides is 1. The average molecular weight is 357 g/mol. The maximum Gasteiger partial charge on any atom is 0.263 e. The minimum atomic E-state index is -0.280. The smallest absolute Gasteiger partial charge is 0.263 e. The third kappa shape index (κ3) is 4.25. The number of aromatic nitrogens is 1. The van der Waals surface area contributed by atoms with Crippen molar-refractivity contribution in [2.24, 2.45) is 13.0 Å². The molecule has 3 rings (SSSR count). The molecule has 140 valence electrons. The molecule has 1 saturated heterocycles. The van der Waals surface area contributed by atoms with Gasteiger partial charge in [0.2, 0.25) is 0 Å². The fraction of sp³-hybridized carbons (Fsp3) is 0.500. The Hall–Kier alpha value is -2.34. The topological polar surface area (TPSA) is 67.5 Å². The Balaban J connectivity index is 1.47. The van der Waals surface area contributed by atoms with Crippen molar-refractivity contribution in [3.63, 3.8) is 0 Å². The molecule has 1 N–H and O–H groups in total. The van der Waals surface area contributed by atoms with E-state index in [-0.39, 0.29) is 17.0 Å².